The van der Waals surface area contributed by atoms with Crippen molar-refractivity contribution in [1.82, 2.24) is 0 Å². The van der Waals surface area contributed by atoms with Crippen LogP contribution in [0, 0.1) is 16.7 Å². The summed E-state index contributed by atoms with van der Waals surface area (Å²) in [7, 11) is 0. The van der Waals surface area contributed by atoms with E-state index in [1.807, 2.05) is 0 Å². The van der Waals surface area contributed by atoms with Crippen molar-refractivity contribution in [3.8, 4) is 0 Å². The molecule has 1 aliphatic rings. The molecule has 0 unspecified atom stereocenters. The summed E-state index contributed by atoms with van der Waals surface area (Å²) in [6, 6.07) is 0. The zero-order valence-electron chi connectivity index (χ0n) is 31.2. The third-order valence-corrected chi connectivity index (χ3v) is 7.93. The smallest absolute Gasteiger partial charge is 0.0704 e. The predicted octanol–water partition coefficient (Wildman–Crippen LogP) is 4.18. The van der Waals surface area contributed by atoms with Crippen molar-refractivity contribution in [2.24, 2.45) is 16.7 Å². The molecular weight excluding hydrogens is 624 g/mol. The summed E-state index contributed by atoms with van der Waals surface area (Å²) >= 11 is 0. The Morgan fingerprint density at radius 2 is 0.667 bits per heavy atom. The maximum Gasteiger partial charge on any atom is 0.0704 e. The second-order valence-corrected chi connectivity index (χ2v) is 13.9. The van der Waals surface area contributed by atoms with Crippen LogP contribution in [-0.2, 0) is 52.1 Å². The van der Waals surface area contributed by atoms with E-state index in [0.29, 0.717) is 156 Å². The van der Waals surface area contributed by atoms with Crippen LogP contribution in [0.5, 0.6) is 0 Å². The summed E-state index contributed by atoms with van der Waals surface area (Å²) in [6.45, 7) is 22.9. The minimum absolute atomic E-state index is 0.0278. The van der Waals surface area contributed by atoms with Crippen LogP contribution in [0.1, 0.15) is 66.7 Å². The van der Waals surface area contributed by atoms with Crippen LogP contribution >= 0.6 is 0 Å². The zero-order chi connectivity index (χ0) is 35.0. The molecule has 0 radical (unpaired) electrons. The lowest BCUT2D eigenvalue weighted by atomic mass is 9.64. The molecule has 1 saturated carbocycles. The van der Waals surface area contributed by atoms with E-state index in [9.17, 15) is 0 Å². The Bertz CT molecular complexity index is 668. The molecule has 0 spiro atoms. The van der Waals surface area contributed by atoms with Crippen LogP contribution in [0.25, 0.3) is 0 Å². The van der Waals surface area contributed by atoms with Gasteiger partial charge in [0.2, 0.25) is 0 Å². The second kappa shape index (κ2) is 31.3. The predicted molar refractivity (Wildman–Crippen MR) is 185 cm³/mol. The highest BCUT2D eigenvalue weighted by Gasteiger charge is 2.36. The number of aliphatic hydroxyl groups is 1. The van der Waals surface area contributed by atoms with Gasteiger partial charge in [-0.3, -0.25) is 0 Å². The van der Waals surface area contributed by atoms with Crippen molar-refractivity contribution in [3.05, 3.63) is 0 Å². The molecule has 12 heteroatoms. The summed E-state index contributed by atoms with van der Waals surface area (Å²) in [5.74, 6) is 0.794. The third kappa shape index (κ3) is 29.3. The molecular formula is C36H72O12. The monoisotopic (exact) mass is 697 g/mol. The summed E-state index contributed by atoms with van der Waals surface area (Å²) in [6.07, 6.45) is 6.50. The molecule has 0 atom stereocenters. The Morgan fingerprint density at radius 3 is 0.938 bits per heavy atom. The molecule has 1 aliphatic carbocycles. The van der Waals surface area contributed by atoms with Gasteiger partial charge in [0.25, 0.3) is 0 Å². The first kappa shape index (κ1) is 45.5. The number of ether oxygens (including phenoxy) is 11. The highest BCUT2D eigenvalue weighted by atomic mass is 16.6. The van der Waals surface area contributed by atoms with E-state index < -0.39 is 0 Å². The van der Waals surface area contributed by atoms with Crippen molar-refractivity contribution in [3.63, 3.8) is 0 Å². The first-order chi connectivity index (χ1) is 23.2. The first-order valence-electron chi connectivity index (χ1n) is 18.2. The highest BCUT2D eigenvalue weighted by molar-refractivity contribution is 4.86. The molecule has 0 aliphatic heterocycles. The van der Waals surface area contributed by atoms with E-state index in [4.69, 9.17) is 57.2 Å². The number of rotatable bonds is 35. The Morgan fingerprint density at radius 1 is 0.396 bits per heavy atom. The number of aliphatic hydroxyl groups excluding tert-OH is 1. The minimum Gasteiger partial charge on any atom is -0.394 e. The first-order valence-corrected chi connectivity index (χ1v) is 18.2. The standard InChI is InChI=1S/C36H72O12/c1-35(2,3)32-36(4,5)33-6-8-34(9-7-33)48-31-30-47-29-28-46-27-26-45-25-24-44-23-22-43-21-20-42-19-18-41-17-16-40-15-14-39-13-12-38-11-10-37/h33-34,37H,6-32H2,1-5H3. The van der Waals surface area contributed by atoms with Crippen LogP contribution in [0.3, 0.4) is 0 Å². The van der Waals surface area contributed by atoms with Gasteiger partial charge in [-0.05, 0) is 48.9 Å². The highest BCUT2D eigenvalue weighted by Crippen LogP contribution is 2.45. The number of hydrogen-bond acceptors (Lipinski definition) is 12. The van der Waals surface area contributed by atoms with Crippen LogP contribution < -0.4 is 0 Å². The Labute approximate surface area is 292 Å². The van der Waals surface area contributed by atoms with Gasteiger partial charge in [-0.25, -0.2) is 0 Å². The van der Waals surface area contributed by atoms with Gasteiger partial charge in [0.05, 0.1) is 151 Å². The van der Waals surface area contributed by atoms with Gasteiger partial charge < -0.3 is 57.2 Å². The fraction of sp³-hybridized carbons (Fsp3) is 1.00. The molecule has 1 rings (SSSR count). The lowest BCUT2D eigenvalue weighted by molar-refractivity contribution is -0.0415. The SMILES string of the molecule is CC(C)(C)CC(C)(C)C1CCC(OCCOCCOCCOCCOCCOCCOCCOCCOCCOCCOCCO)CC1. The van der Waals surface area contributed by atoms with Gasteiger partial charge in [0, 0.05) is 0 Å². The Kier molecular flexibility index (Phi) is 29.7. The average Bonchev–Trinajstić information content (AvgIpc) is 3.04. The van der Waals surface area contributed by atoms with Gasteiger partial charge in [-0.2, -0.15) is 0 Å². The fourth-order valence-corrected chi connectivity index (χ4v) is 5.94. The lowest BCUT2D eigenvalue weighted by Gasteiger charge is -2.42. The van der Waals surface area contributed by atoms with Crippen LogP contribution in [0.4, 0.5) is 0 Å². The van der Waals surface area contributed by atoms with Gasteiger partial charge in [-0.1, -0.05) is 34.6 Å². The van der Waals surface area contributed by atoms with Crippen LogP contribution in [0.15, 0.2) is 0 Å². The molecule has 1 N–H and O–H groups in total. The van der Waals surface area contributed by atoms with Crippen molar-refractivity contribution in [1.29, 1.82) is 0 Å². The summed E-state index contributed by atoms with van der Waals surface area (Å²) in [5.41, 5.74) is 0.770. The van der Waals surface area contributed by atoms with Crippen molar-refractivity contribution in [2.75, 3.05) is 145 Å². The van der Waals surface area contributed by atoms with E-state index in [0.717, 1.165) is 18.8 Å². The quantitative estimate of drug-likeness (QED) is 0.0958. The van der Waals surface area contributed by atoms with E-state index in [1.165, 1.54) is 19.3 Å². The minimum atomic E-state index is 0.0278. The molecule has 48 heavy (non-hydrogen) atoms. The molecule has 1 fully saturated rings. The van der Waals surface area contributed by atoms with E-state index >= 15 is 0 Å². The average molecular weight is 697 g/mol. The molecule has 0 aromatic carbocycles. The molecule has 0 aromatic rings. The van der Waals surface area contributed by atoms with Crippen LogP contribution in [0.2, 0.25) is 0 Å². The van der Waals surface area contributed by atoms with Crippen molar-refractivity contribution in [2.45, 2.75) is 72.8 Å². The van der Waals surface area contributed by atoms with E-state index in [2.05, 4.69) is 34.6 Å². The third-order valence-electron chi connectivity index (χ3n) is 7.93. The zero-order valence-corrected chi connectivity index (χ0v) is 31.2. The molecule has 0 heterocycles. The van der Waals surface area contributed by atoms with Crippen LogP contribution in [-0.4, -0.2) is 157 Å². The molecule has 0 bridgehead atoms. The molecule has 288 valence electrons. The van der Waals surface area contributed by atoms with Crippen molar-refractivity contribution < 1.29 is 57.2 Å². The Balaban J connectivity index is 1.70. The van der Waals surface area contributed by atoms with E-state index in [1.54, 1.807) is 0 Å². The maximum absolute atomic E-state index is 8.59. The van der Waals surface area contributed by atoms with E-state index in [-0.39, 0.29) is 6.61 Å². The second-order valence-electron chi connectivity index (χ2n) is 13.9. The summed E-state index contributed by atoms with van der Waals surface area (Å²) < 4.78 is 60.6. The normalized spacial score (nSPS) is 17.4. The summed E-state index contributed by atoms with van der Waals surface area (Å²) in [4.78, 5) is 0. The molecule has 0 aromatic heterocycles. The maximum atomic E-state index is 8.59. The molecule has 12 nitrogen and oxygen atoms in total. The van der Waals surface area contributed by atoms with Gasteiger partial charge in [0.15, 0.2) is 0 Å². The Hall–Kier alpha value is -0.480. The summed E-state index contributed by atoms with van der Waals surface area (Å²) in [5, 5.41) is 8.59. The largest absolute Gasteiger partial charge is 0.394 e. The molecule has 0 saturated heterocycles. The van der Waals surface area contributed by atoms with Gasteiger partial charge >= 0.3 is 0 Å². The van der Waals surface area contributed by atoms with Gasteiger partial charge in [0.1, 0.15) is 0 Å². The number of hydrogen-bond donors (Lipinski definition) is 1. The lowest BCUT2D eigenvalue weighted by Crippen LogP contribution is -2.34. The van der Waals surface area contributed by atoms with Crippen molar-refractivity contribution >= 4 is 0 Å². The van der Waals surface area contributed by atoms with Gasteiger partial charge in [-0.15, -0.1) is 0 Å². The fourth-order valence-electron chi connectivity index (χ4n) is 5.94. The topological polar surface area (TPSA) is 122 Å². The molecule has 0 amide bonds.